The monoisotopic (exact) mass is 260 g/mol. The predicted molar refractivity (Wildman–Crippen MR) is 75.9 cm³/mol. The Hall–Kier alpha value is -1.41. The SMILES string of the molecule is Cc1cccc(-c2nc(Cl)cc(C(C)(C)C)n2)c1. The molecular formula is C15H17ClN2. The van der Waals surface area contributed by atoms with Gasteiger partial charge in [-0.1, -0.05) is 56.1 Å². The van der Waals surface area contributed by atoms with Gasteiger partial charge in [-0.15, -0.1) is 0 Å². The fraction of sp³-hybridized carbons (Fsp3) is 0.333. The number of hydrogen-bond acceptors (Lipinski definition) is 2. The molecule has 0 fully saturated rings. The second-order valence-corrected chi connectivity index (χ2v) is 5.91. The normalized spacial score (nSPS) is 11.6. The lowest BCUT2D eigenvalue weighted by Gasteiger charge is -2.18. The summed E-state index contributed by atoms with van der Waals surface area (Å²) in [5.74, 6) is 0.691. The molecule has 3 heteroatoms. The summed E-state index contributed by atoms with van der Waals surface area (Å²) >= 11 is 6.09. The van der Waals surface area contributed by atoms with Crippen LogP contribution in [0.3, 0.4) is 0 Å². The van der Waals surface area contributed by atoms with Crippen LogP contribution in [0.2, 0.25) is 5.15 Å². The molecule has 2 rings (SSSR count). The molecule has 0 atom stereocenters. The summed E-state index contributed by atoms with van der Waals surface area (Å²) < 4.78 is 0. The Kier molecular flexibility index (Phi) is 3.40. The first-order valence-corrected chi connectivity index (χ1v) is 6.36. The van der Waals surface area contributed by atoms with Crippen LogP contribution in [0.25, 0.3) is 11.4 Å². The molecule has 0 amide bonds. The molecule has 0 N–H and O–H groups in total. The van der Waals surface area contributed by atoms with Crippen LogP contribution in [0.5, 0.6) is 0 Å². The molecule has 2 aromatic rings. The lowest BCUT2D eigenvalue weighted by atomic mass is 9.92. The van der Waals surface area contributed by atoms with E-state index in [0.717, 1.165) is 11.3 Å². The maximum absolute atomic E-state index is 6.09. The molecule has 2 nitrogen and oxygen atoms in total. The van der Waals surface area contributed by atoms with Crippen molar-refractivity contribution in [3.8, 4) is 11.4 Å². The second-order valence-electron chi connectivity index (χ2n) is 5.52. The fourth-order valence-corrected chi connectivity index (χ4v) is 1.90. The van der Waals surface area contributed by atoms with E-state index < -0.39 is 0 Å². The quantitative estimate of drug-likeness (QED) is 0.710. The highest BCUT2D eigenvalue weighted by Crippen LogP contribution is 2.25. The number of halogens is 1. The van der Waals surface area contributed by atoms with Crippen molar-refractivity contribution in [1.29, 1.82) is 0 Å². The molecule has 1 heterocycles. The third-order valence-corrected chi connectivity index (χ3v) is 2.93. The van der Waals surface area contributed by atoms with E-state index in [2.05, 4.69) is 49.8 Å². The Morgan fingerprint density at radius 2 is 1.78 bits per heavy atom. The van der Waals surface area contributed by atoms with E-state index in [9.17, 15) is 0 Å². The molecule has 0 saturated carbocycles. The van der Waals surface area contributed by atoms with Crippen LogP contribution in [0, 0.1) is 6.92 Å². The molecule has 0 bridgehead atoms. The van der Waals surface area contributed by atoms with Crippen molar-refractivity contribution < 1.29 is 0 Å². The van der Waals surface area contributed by atoms with Gasteiger partial charge < -0.3 is 0 Å². The zero-order valence-corrected chi connectivity index (χ0v) is 11.9. The molecule has 0 aliphatic heterocycles. The summed E-state index contributed by atoms with van der Waals surface area (Å²) in [6, 6.07) is 9.97. The second kappa shape index (κ2) is 4.69. The first-order chi connectivity index (χ1) is 8.36. The Morgan fingerprint density at radius 3 is 2.39 bits per heavy atom. The minimum Gasteiger partial charge on any atom is -0.232 e. The number of hydrogen-bond donors (Lipinski definition) is 0. The van der Waals surface area contributed by atoms with E-state index in [0.29, 0.717) is 11.0 Å². The summed E-state index contributed by atoms with van der Waals surface area (Å²) in [6.07, 6.45) is 0. The van der Waals surface area contributed by atoms with Crippen molar-refractivity contribution in [1.82, 2.24) is 9.97 Å². The van der Waals surface area contributed by atoms with Gasteiger partial charge in [0.2, 0.25) is 0 Å². The van der Waals surface area contributed by atoms with Gasteiger partial charge in [-0.3, -0.25) is 0 Å². The molecule has 0 radical (unpaired) electrons. The van der Waals surface area contributed by atoms with Gasteiger partial charge >= 0.3 is 0 Å². The smallest absolute Gasteiger partial charge is 0.161 e. The number of benzene rings is 1. The Bertz CT molecular complexity index is 571. The van der Waals surface area contributed by atoms with Crippen molar-refractivity contribution in [2.75, 3.05) is 0 Å². The van der Waals surface area contributed by atoms with Gasteiger partial charge in [0.1, 0.15) is 5.15 Å². The van der Waals surface area contributed by atoms with Crippen molar-refractivity contribution in [2.45, 2.75) is 33.1 Å². The van der Waals surface area contributed by atoms with Crippen molar-refractivity contribution in [3.63, 3.8) is 0 Å². The van der Waals surface area contributed by atoms with Gasteiger partial charge in [0.15, 0.2) is 5.82 Å². The maximum Gasteiger partial charge on any atom is 0.161 e. The zero-order chi connectivity index (χ0) is 13.3. The number of rotatable bonds is 1. The predicted octanol–water partition coefficient (Wildman–Crippen LogP) is 4.40. The van der Waals surface area contributed by atoms with E-state index in [1.807, 2.05) is 18.2 Å². The van der Waals surface area contributed by atoms with Gasteiger partial charge in [0.05, 0.1) is 5.69 Å². The molecule has 1 aromatic heterocycles. The zero-order valence-electron chi connectivity index (χ0n) is 11.2. The molecule has 0 aliphatic rings. The third-order valence-electron chi connectivity index (χ3n) is 2.74. The van der Waals surface area contributed by atoms with Crippen molar-refractivity contribution in [2.24, 2.45) is 0 Å². The minimum absolute atomic E-state index is 0.0366. The topological polar surface area (TPSA) is 25.8 Å². The summed E-state index contributed by atoms with van der Waals surface area (Å²) in [6.45, 7) is 8.40. The van der Waals surface area contributed by atoms with E-state index in [4.69, 9.17) is 11.6 Å². The molecule has 0 spiro atoms. The van der Waals surface area contributed by atoms with Gasteiger partial charge in [0.25, 0.3) is 0 Å². The summed E-state index contributed by atoms with van der Waals surface area (Å²) in [5.41, 5.74) is 3.11. The fourth-order valence-electron chi connectivity index (χ4n) is 1.72. The van der Waals surface area contributed by atoms with Gasteiger partial charge in [-0.2, -0.15) is 0 Å². The van der Waals surface area contributed by atoms with Gasteiger partial charge in [-0.05, 0) is 19.1 Å². The van der Waals surface area contributed by atoms with E-state index >= 15 is 0 Å². The van der Waals surface area contributed by atoms with E-state index in [1.165, 1.54) is 5.56 Å². The highest BCUT2D eigenvalue weighted by molar-refractivity contribution is 6.29. The average Bonchev–Trinajstić information content (AvgIpc) is 2.27. The third kappa shape index (κ3) is 2.88. The van der Waals surface area contributed by atoms with Crippen LogP contribution in [0.15, 0.2) is 30.3 Å². The molecule has 18 heavy (non-hydrogen) atoms. The van der Waals surface area contributed by atoms with E-state index in [1.54, 1.807) is 0 Å². The van der Waals surface area contributed by atoms with Crippen LogP contribution >= 0.6 is 11.6 Å². The molecule has 0 unspecified atom stereocenters. The number of nitrogens with zero attached hydrogens (tertiary/aromatic N) is 2. The first kappa shape index (κ1) is 13.0. The lowest BCUT2D eigenvalue weighted by Crippen LogP contribution is -2.14. The molecule has 0 saturated heterocycles. The average molecular weight is 261 g/mol. The van der Waals surface area contributed by atoms with Crippen LogP contribution in [0.4, 0.5) is 0 Å². The number of aryl methyl sites for hydroxylation is 1. The molecule has 94 valence electrons. The Morgan fingerprint density at radius 1 is 1.06 bits per heavy atom. The molecular weight excluding hydrogens is 244 g/mol. The van der Waals surface area contributed by atoms with E-state index in [-0.39, 0.29) is 5.41 Å². The van der Waals surface area contributed by atoms with Gasteiger partial charge in [-0.25, -0.2) is 9.97 Å². The lowest BCUT2D eigenvalue weighted by molar-refractivity contribution is 0.568. The van der Waals surface area contributed by atoms with Gasteiger partial charge in [0, 0.05) is 11.0 Å². The molecule has 1 aromatic carbocycles. The number of aromatic nitrogens is 2. The van der Waals surface area contributed by atoms with Crippen molar-refractivity contribution in [3.05, 3.63) is 46.7 Å². The summed E-state index contributed by atoms with van der Waals surface area (Å²) in [5, 5.41) is 0.492. The minimum atomic E-state index is -0.0366. The van der Waals surface area contributed by atoms with Crippen LogP contribution in [-0.2, 0) is 5.41 Å². The largest absolute Gasteiger partial charge is 0.232 e. The van der Waals surface area contributed by atoms with Crippen LogP contribution < -0.4 is 0 Å². The van der Waals surface area contributed by atoms with Crippen molar-refractivity contribution >= 4 is 11.6 Å². The van der Waals surface area contributed by atoms with Crippen LogP contribution in [-0.4, -0.2) is 9.97 Å². The summed E-state index contributed by atoms with van der Waals surface area (Å²) in [7, 11) is 0. The molecule has 0 aliphatic carbocycles. The Labute approximate surface area is 113 Å². The van der Waals surface area contributed by atoms with Crippen LogP contribution in [0.1, 0.15) is 32.0 Å². The standard InChI is InChI=1S/C15H17ClN2/c1-10-6-5-7-11(8-10)14-17-12(15(2,3)4)9-13(16)18-14/h5-9H,1-4H3. The Balaban J connectivity index is 2.55. The first-order valence-electron chi connectivity index (χ1n) is 5.98. The summed E-state index contributed by atoms with van der Waals surface area (Å²) in [4.78, 5) is 8.93. The highest BCUT2D eigenvalue weighted by atomic mass is 35.5. The maximum atomic E-state index is 6.09. The highest BCUT2D eigenvalue weighted by Gasteiger charge is 2.18.